The van der Waals surface area contributed by atoms with Crippen molar-refractivity contribution < 1.29 is 14.3 Å². The van der Waals surface area contributed by atoms with Gasteiger partial charge in [-0.15, -0.1) is 12.3 Å². The molecule has 0 aliphatic carbocycles. The number of rotatable bonds is 6. The number of hydrogen-bond acceptors (Lipinski definition) is 4. The molecule has 0 spiro atoms. The average Bonchev–Trinajstić information content (AvgIpc) is 2.54. The van der Waals surface area contributed by atoms with E-state index in [1.165, 1.54) is 0 Å². The normalized spacial score (nSPS) is 15.2. The van der Waals surface area contributed by atoms with Crippen LogP contribution in [0, 0.1) is 18.3 Å². The zero-order valence-corrected chi connectivity index (χ0v) is 12.0. The van der Waals surface area contributed by atoms with Crippen molar-refractivity contribution in [1.82, 2.24) is 10.3 Å². The van der Waals surface area contributed by atoms with Crippen LogP contribution < -0.4 is 10.1 Å². The van der Waals surface area contributed by atoms with Crippen LogP contribution in [0.1, 0.15) is 29.6 Å². The van der Waals surface area contributed by atoms with E-state index in [9.17, 15) is 4.79 Å². The van der Waals surface area contributed by atoms with Gasteiger partial charge in [0.1, 0.15) is 0 Å². The van der Waals surface area contributed by atoms with Gasteiger partial charge in [-0.1, -0.05) is 0 Å². The number of hydrogen-bond donors (Lipinski definition) is 1. The second kappa shape index (κ2) is 8.28. The number of nitrogens with zero attached hydrogens (tertiary/aromatic N) is 1. The summed E-state index contributed by atoms with van der Waals surface area (Å²) < 4.78 is 11.0. The van der Waals surface area contributed by atoms with Crippen molar-refractivity contribution in [3.8, 4) is 18.2 Å². The van der Waals surface area contributed by atoms with Gasteiger partial charge >= 0.3 is 0 Å². The minimum Gasteiger partial charge on any atom is -0.477 e. The minimum atomic E-state index is -0.163. The summed E-state index contributed by atoms with van der Waals surface area (Å²) in [6.45, 7) is 2.66. The van der Waals surface area contributed by atoms with Crippen LogP contribution >= 0.6 is 0 Å². The highest BCUT2D eigenvalue weighted by atomic mass is 16.5. The van der Waals surface area contributed by atoms with Crippen molar-refractivity contribution in [2.75, 3.05) is 26.4 Å². The highest BCUT2D eigenvalue weighted by molar-refractivity contribution is 5.94. The molecule has 1 fully saturated rings. The van der Waals surface area contributed by atoms with Gasteiger partial charge in [-0.05, 0) is 24.8 Å². The highest BCUT2D eigenvalue weighted by Gasteiger charge is 2.15. The molecular formula is C16H20N2O3. The number of aromatic nitrogens is 1. The quantitative estimate of drug-likeness (QED) is 0.638. The van der Waals surface area contributed by atoms with Gasteiger partial charge in [0, 0.05) is 44.0 Å². The van der Waals surface area contributed by atoms with Gasteiger partial charge in [0.05, 0.1) is 6.61 Å². The molecule has 1 aliphatic rings. The van der Waals surface area contributed by atoms with Gasteiger partial charge in [0.15, 0.2) is 0 Å². The summed E-state index contributed by atoms with van der Waals surface area (Å²) in [6.07, 6.45) is 9.26. The van der Waals surface area contributed by atoms with E-state index in [2.05, 4.69) is 16.2 Å². The summed E-state index contributed by atoms with van der Waals surface area (Å²) in [7, 11) is 0. The SMILES string of the molecule is C#CCCNC(=O)c1ccnc(OCC2CCOCC2)c1. The Kier molecular flexibility index (Phi) is 6.04. The summed E-state index contributed by atoms with van der Waals surface area (Å²) in [4.78, 5) is 16.0. The third kappa shape index (κ3) is 5.09. The van der Waals surface area contributed by atoms with Crippen molar-refractivity contribution in [3.63, 3.8) is 0 Å². The van der Waals surface area contributed by atoms with Gasteiger partial charge in [-0.2, -0.15) is 0 Å². The van der Waals surface area contributed by atoms with Crippen molar-refractivity contribution in [3.05, 3.63) is 23.9 Å². The minimum absolute atomic E-state index is 0.163. The Morgan fingerprint density at radius 1 is 1.52 bits per heavy atom. The fourth-order valence-corrected chi connectivity index (χ4v) is 2.10. The lowest BCUT2D eigenvalue weighted by Crippen LogP contribution is -2.24. The van der Waals surface area contributed by atoms with Crippen LogP contribution in [0.5, 0.6) is 5.88 Å². The molecule has 1 aromatic rings. The Bertz CT molecular complexity index is 504. The fraction of sp³-hybridized carbons (Fsp3) is 0.500. The Labute approximate surface area is 125 Å². The molecule has 1 N–H and O–H groups in total. The standard InChI is InChI=1S/C16H20N2O3/c1-2-3-7-18-16(19)14-4-8-17-15(11-14)21-12-13-5-9-20-10-6-13/h1,4,8,11,13H,3,5-7,9-10,12H2,(H,18,19). The lowest BCUT2D eigenvalue weighted by atomic mass is 10.0. The topological polar surface area (TPSA) is 60.5 Å². The van der Waals surface area contributed by atoms with E-state index in [1.54, 1.807) is 18.3 Å². The molecule has 21 heavy (non-hydrogen) atoms. The van der Waals surface area contributed by atoms with Crippen LogP contribution in [0.15, 0.2) is 18.3 Å². The van der Waals surface area contributed by atoms with Crippen LogP contribution in [0.2, 0.25) is 0 Å². The first-order chi connectivity index (χ1) is 10.3. The van der Waals surface area contributed by atoms with Gasteiger partial charge in [-0.3, -0.25) is 4.79 Å². The maximum Gasteiger partial charge on any atom is 0.251 e. The van der Waals surface area contributed by atoms with Crippen LogP contribution in [-0.4, -0.2) is 37.3 Å². The van der Waals surface area contributed by atoms with Gasteiger partial charge < -0.3 is 14.8 Å². The number of nitrogens with one attached hydrogen (secondary N) is 1. The lowest BCUT2D eigenvalue weighted by Gasteiger charge is -2.21. The van der Waals surface area contributed by atoms with Crippen molar-refractivity contribution in [2.24, 2.45) is 5.92 Å². The molecular weight excluding hydrogens is 268 g/mol. The molecule has 0 bridgehead atoms. The van der Waals surface area contributed by atoms with E-state index < -0.39 is 0 Å². The van der Waals surface area contributed by atoms with E-state index in [-0.39, 0.29) is 5.91 Å². The number of terminal acetylenes is 1. The molecule has 5 heteroatoms. The molecule has 0 radical (unpaired) electrons. The molecule has 112 valence electrons. The predicted molar refractivity (Wildman–Crippen MR) is 79.1 cm³/mol. The Morgan fingerprint density at radius 3 is 3.10 bits per heavy atom. The maximum absolute atomic E-state index is 11.9. The molecule has 0 saturated carbocycles. The highest BCUT2D eigenvalue weighted by Crippen LogP contribution is 2.17. The molecule has 2 rings (SSSR count). The Balaban J connectivity index is 1.85. The number of ether oxygens (including phenoxy) is 2. The monoisotopic (exact) mass is 288 g/mol. The molecule has 0 unspecified atom stereocenters. The molecule has 1 saturated heterocycles. The molecule has 1 aliphatic heterocycles. The maximum atomic E-state index is 11.9. The van der Waals surface area contributed by atoms with E-state index in [4.69, 9.17) is 15.9 Å². The van der Waals surface area contributed by atoms with E-state index in [0.717, 1.165) is 26.1 Å². The summed E-state index contributed by atoms with van der Waals surface area (Å²) in [5.74, 6) is 3.29. The van der Waals surface area contributed by atoms with Crippen molar-refractivity contribution in [1.29, 1.82) is 0 Å². The predicted octanol–water partition coefficient (Wildman–Crippen LogP) is 1.64. The van der Waals surface area contributed by atoms with E-state index >= 15 is 0 Å². The van der Waals surface area contributed by atoms with Crippen LogP contribution in [-0.2, 0) is 4.74 Å². The second-order valence-electron chi connectivity index (χ2n) is 4.96. The molecule has 0 atom stereocenters. The van der Waals surface area contributed by atoms with Crippen molar-refractivity contribution >= 4 is 5.91 Å². The van der Waals surface area contributed by atoms with Gasteiger partial charge in [0.25, 0.3) is 5.91 Å². The number of carbonyl (C=O) groups excluding carboxylic acids is 1. The fourth-order valence-electron chi connectivity index (χ4n) is 2.10. The smallest absolute Gasteiger partial charge is 0.251 e. The summed E-state index contributed by atoms with van der Waals surface area (Å²) >= 11 is 0. The number of amides is 1. The number of pyridine rings is 1. The van der Waals surface area contributed by atoms with Crippen LogP contribution in [0.25, 0.3) is 0 Å². The molecule has 0 aromatic carbocycles. The number of carbonyl (C=O) groups is 1. The molecule has 1 amide bonds. The van der Waals surface area contributed by atoms with Crippen molar-refractivity contribution in [2.45, 2.75) is 19.3 Å². The van der Waals surface area contributed by atoms with Gasteiger partial charge in [-0.25, -0.2) is 4.98 Å². The zero-order valence-electron chi connectivity index (χ0n) is 12.0. The average molecular weight is 288 g/mol. The third-order valence-electron chi connectivity index (χ3n) is 3.36. The third-order valence-corrected chi connectivity index (χ3v) is 3.36. The molecule has 2 heterocycles. The van der Waals surface area contributed by atoms with Gasteiger partial charge in [0.2, 0.25) is 5.88 Å². The first-order valence-corrected chi connectivity index (χ1v) is 7.18. The Hall–Kier alpha value is -2.06. The second-order valence-corrected chi connectivity index (χ2v) is 4.96. The summed E-state index contributed by atoms with van der Waals surface area (Å²) in [5, 5.41) is 2.75. The summed E-state index contributed by atoms with van der Waals surface area (Å²) in [5.41, 5.74) is 0.531. The zero-order chi connectivity index (χ0) is 14.9. The van der Waals surface area contributed by atoms with Crippen LogP contribution in [0.4, 0.5) is 0 Å². The largest absolute Gasteiger partial charge is 0.477 e. The Morgan fingerprint density at radius 2 is 2.33 bits per heavy atom. The first-order valence-electron chi connectivity index (χ1n) is 7.18. The van der Waals surface area contributed by atoms with E-state index in [0.29, 0.717) is 36.9 Å². The summed E-state index contributed by atoms with van der Waals surface area (Å²) in [6, 6.07) is 3.32. The first kappa shape index (κ1) is 15.3. The molecule has 5 nitrogen and oxygen atoms in total. The lowest BCUT2D eigenvalue weighted by molar-refractivity contribution is 0.0490. The van der Waals surface area contributed by atoms with Crippen LogP contribution in [0.3, 0.4) is 0 Å². The van der Waals surface area contributed by atoms with E-state index in [1.807, 2.05) is 0 Å². The molecule has 1 aromatic heterocycles.